The lowest BCUT2D eigenvalue weighted by Gasteiger charge is -2.12. The number of unbranched alkanes of at least 4 members (excludes halogenated alkanes) is 3. The molecule has 1 atom stereocenters. The summed E-state index contributed by atoms with van der Waals surface area (Å²) in [6.07, 6.45) is 3.54. The van der Waals surface area contributed by atoms with E-state index in [9.17, 15) is 14.7 Å². The fourth-order valence-electron chi connectivity index (χ4n) is 1.41. The van der Waals surface area contributed by atoms with Gasteiger partial charge in [0, 0.05) is 6.61 Å². The largest absolute Gasteiger partial charge is 0.429 e. The van der Waals surface area contributed by atoms with Gasteiger partial charge in [-0.2, -0.15) is 0 Å². The van der Waals surface area contributed by atoms with Crippen molar-refractivity contribution in [3.05, 3.63) is 5.57 Å². The Morgan fingerprint density at radius 1 is 1.21 bits per heavy atom. The SMILES string of the molecule is CCCCCC(=C=O)C(=O)OC(O)COCCCC. The summed E-state index contributed by atoms with van der Waals surface area (Å²) in [6, 6.07) is 0. The maximum Gasteiger partial charge on any atom is 0.347 e. The smallest absolute Gasteiger partial charge is 0.347 e. The Labute approximate surface area is 114 Å². The number of carbonyl (C=O) groups is 1. The highest BCUT2D eigenvalue weighted by atomic mass is 16.7. The summed E-state index contributed by atoms with van der Waals surface area (Å²) < 4.78 is 9.82. The van der Waals surface area contributed by atoms with Crippen LogP contribution in [0.4, 0.5) is 0 Å². The molecule has 0 rings (SSSR count). The summed E-state index contributed by atoms with van der Waals surface area (Å²) in [4.78, 5) is 22.2. The summed E-state index contributed by atoms with van der Waals surface area (Å²) in [6.45, 7) is 4.49. The monoisotopic (exact) mass is 272 g/mol. The van der Waals surface area contributed by atoms with E-state index >= 15 is 0 Å². The zero-order chi connectivity index (χ0) is 14.5. The molecule has 1 unspecified atom stereocenters. The van der Waals surface area contributed by atoms with Crippen molar-refractivity contribution in [1.82, 2.24) is 0 Å². The third-order valence-electron chi connectivity index (χ3n) is 2.55. The van der Waals surface area contributed by atoms with E-state index in [-0.39, 0.29) is 12.2 Å². The molecule has 5 heteroatoms. The second-order valence-corrected chi connectivity index (χ2v) is 4.33. The molecule has 0 amide bonds. The third-order valence-corrected chi connectivity index (χ3v) is 2.55. The fourth-order valence-corrected chi connectivity index (χ4v) is 1.41. The molecule has 0 aromatic carbocycles. The van der Waals surface area contributed by atoms with Crippen LogP contribution in [0.3, 0.4) is 0 Å². The van der Waals surface area contributed by atoms with Gasteiger partial charge in [-0.05, 0) is 19.3 Å². The van der Waals surface area contributed by atoms with Gasteiger partial charge >= 0.3 is 5.97 Å². The number of aliphatic hydroxyl groups is 1. The van der Waals surface area contributed by atoms with E-state index in [1.165, 1.54) is 0 Å². The van der Waals surface area contributed by atoms with E-state index < -0.39 is 12.3 Å². The van der Waals surface area contributed by atoms with Gasteiger partial charge in [0.05, 0.1) is 0 Å². The van der Waals surface area contributed by atoms with Gasteiger partial charge in [-0.3, -0.25) is 0 Å². The van der Waals surface area contributed by atoms with Gasteiger partial charge in [0.1, 0.15) is 18.1 Å². The Morgan fingerprint density at radius 3 is 2.47 bits per heavy atom. The van der Waals surface area contributed by atoms with E-state index in [4.69, 9.17) is 9.47 Å². The first-order valence-corrected chi connectivity index (χ1v) is 6.86. The van der Waals surface area contributed by atoms with Gasteiger partial charge < -0.3 is 14.6 Å². The number of carbonyl (C=O) groups excluding carboxylic acids is 2. The molecule has 0 saturated heterocycles. The normalized spacial score (nSPS) is 11.7. The maximum absolute atomic E-state index is 11.5. The average Bonchev–Trinajstić information content (AvgIpc) is 2.39. The molecular formula is C14H24O5. The molecule has 0 aromatic heterocycles. The zero-order valence-corrected chi connectivity index (χ0v) is 11.8. The van der Waals surface area contributed by atoms with Gasteiger partial charge in [-0.15, -0.1) is 0 Å². The molecule has 0 aliphatic heterocycles. The predicted molar refractivity (Wildman–Crippen MR) is 71.2 cm³/mol. The van der Waals surface area contributed by atoms with Crippen LogP contribution in [-0.4, -0.2) is 36.5 Å². The molecule has 0 radical (unpaired) electrons. The lowest BCUT2D eigenvalue weighted by Crippen LogP contribution is -2.24. The van der Waals surface area contributed by atoms with Crippen molar-refractivity contribution in [1.29, 1.82) is 0 Å². The second-order valence-electron chi connectivity index (χ2n) is 4.33. The maximum atomic E-state index is 11.5. The van der Waals surface area contributed by atoms with Crippen molar-refractivity contribution in [2.24, 2.45) is 0 Å². The Morgan fingerprint density at radius 2 is 1.89 bits per heavy atom. The minimum Gasteiger partial charge on any atom is -0.429 e. The number of ether oxygens (including phenoxy) is 2. The first-order chi connectivity index (χ1) is 9.15. The van der Waals surface area contributed by atoms with Crippen LogP contribution in [0.5, 0.6) is 0 Å². The molecule has 0 aliphatic rings. The highest BCUT2D eigenvalue weighted by molar-refractivity contribution is 5.96. The Bertz CT molecular complexity index is 294. The molecule has 0 aromatic rings. The molecule has 0 aliphatic carbocycles. The van der Waals surface area contributed by atoms with Gasteiger partial charge in [0.15, 0.2) is 0 Å². The molecule has 1 N–H and O–H groups in total. The quantitative estimate of drug-likeness (QED) is 0.205. The Balaban J connectivity index is 3.94. The van der Waals surface area contributed by atoms with E-state index in [0.717, 1.165) is 32.1 Å². The number of rotatable bonds is 11. The van der Waals surface area contributed by atoms with Crippen molar-refractivity contribution in [2.45, 2.75) is 58.7 Å². The van der Waals surface area contributed by atoms with E-state index in [1.807, 2.05) is 13.8 Å². The van der Waals surface area contributed by atoms with Crippen molar-refractivity contribution in [3.8, 4) is 0 Å². The summed E-state index contributed by atoms with van der Waals surface area (Å²) in [5.41, 5.74) is -0.0546. The minimum atomic E-state index is -1.33. The minimum absolute atomic E-state index is 0.0546. The highest BCUT2D eigenvalue weighted by Crippen LogP contribution is 2.09. The molecule has 0 fully saturated rings. The van der Waals surface area contributed by atoms with Crippen molar-refractivity contribution in [3.63, 3.8) is 0 Å². The summed E-state index contributed by atoms with van der Waals surface area (Å²) >= 11 is 0. The molecule has 0 spiro atoms. The van der Waals surface area contributed by atoms with Crippen LogP contribution < -0.4 is 0 Å². The van der Waals surface area contributed by atoms with Crippen LogP contribution in [0.2, 0.25) is 0 Å². The Kier molecular flexibility index (Phi) is 11.2. The second kappa shape index (κ2) is 11.9. The van der Waals surface area contributed by atoms with Gasteiger partial charge in [0.25, 0.3) is 0 Å². The van der Waals surface area contributed by atoms with Crippen LogP contribution in [-0.2, 0) is 19.1 Å². The van der Waals surface area contributed by atoms with E-state index in [2.05, 4.69) is 0 Å². The zero-order valence-electron chi connectivity index (χ0n) is 11.8. The number of hydrogen-bond acceptors (Lipinski definition) is 5. The lowest BCUT2D eigenvalue weighted by molar-refractivity contribution is -0.172. The first-order valence-electron chi connectivity index (χ1n) is 6.86. The molecule has 0 bridgehead atoms. The van der Waals surface area contributed by atoms with Crippen molar-refractivity contribution < 1.29 is 24.2 Å². The standard InChI is InChI=1S/C14H24O5/c1-3-5-7-8-12(10-15)14(17)19-13(16)11-18-9-6-4-2/h13,16H,3-9,11H2,1-2H3. The predicted octanol–water partition coefficient (Wildman–Crippen LogP) is 2.00. The summed E-state index contributed by atoms with van der Waals surface area (Å²) in [5, 5.41) is 9.42. The van der Waals surface area contributed by atoms with Gasteiger partial charge in [-0.1, -0.05) is 33.1 Å². The van der Waals surface area contributed by atoms with Crippen LogP contribution in [0.1, 0.15) is 52.4 Å². The highest BCUT2D eigenvalue weighted by Gasteiger charge is 2.16. The topological polar surface area (TPSA) is 72.8 Å². The van der Waals surface area contributed by atoms with E-state index in [1.54, 1.807) is 5.94 Å². The van der Waals surface area contributed by atoms with E-state index in [0.29, 0.717) is 13.0 Å². The molecule has 0 heterocycles. The molecule has 110 valence electrons. The Hall–Kier alpha value is -1.16. The molecule has 19 heavy (non-hydrogen) atoms. The van der Waals surface area contributed by atoms with Crippen LogP contribution in [0.15, 0.2) is 5.57 Å². The van der Waals surface area contributed by atoms with Gasteiger partial charge in [-0.25, -0.2) is 9.59 Å². The summed E-state index contributed by atoms with van der Waals surface area (Å²) in [5.74, 6) is 0.775. The van der Waals surface area contributed by atoms with Crippen LogP contribution >= 0.6 is 0 Å². The number of esters is 1. The third kappa shape index (κ3) is 9.42. The first kappa shape index (κ1) is 17.8. The molecular weight excluding hydrogens is 248 g/mol. The number of hydrogen-bond donors (Lipinski definition) is 1. The van der Waals surface area contributed by atoms with Gasteiger partial charge in [0.2, 0.25) is 6.29 Å². The number of aliphatic hydroxyl groups excluding tert-OH is 1. The average molecular weight is 272 g/mol. The fraction of sp³-hybridized carbons (Fsp3) is 0.786. The molecule has 0 saturated carbocycles. The van der Waals surface area contributed by atoms with Crippen molar-refractivity contribution in [2.75, 3.05) is 13.2 Å². The van der Waals surface area contributed by atoms with Crippen molar-refractivity contribution >= 4 is 11.9 Å². The molecule has 5 nitrogen and oxygen atoms in total. The summed E-state index contributed by atoms with van der Waals surface area (Å²) in [7, 11) is 0. The lowest BCUT2D eigenvalue weighted by atomic mass is 10.1. The van der Waals surface area contributed by atoms with Crippen LogP contribution in [0, 0.1) is 0 Å². The van der Waals surface area contributed by atoms with Crippen LogP contribution in [0.25, 0.3) is 0 Å².